The number of nitrogens with one attached hydrogen (secondary N) is 1. The van der Waals surface area contributed by atoms with Crippen LogP contribution in [0.15, 0.2) is 48.5 Å². The van der Waals surface area contributed by atoms with Crippen LogP contribution in [0.25, 0.3) is 0 Å². The maximum atomic E-state index is 12.3. The minimum atomic E-state index is -0.412. The normalized spacial score (nSPS) is 16.9. The summed E-state index contributed by atoms with van der Waals surface area (Å²) in [5, 5.41) is 2.95. The molecule has 1 aliphatic rings. The molecule has 1 aliphatic heterocycles. The van der Waals surface area contributed by atoms with Gasteiger partial charge in [-0.2, -0.15) is 0 Å². The number of carbonyl (C=O) groups is 1. The van der Waals surface area contributed by atoms with Gasteiger partial charge in [0.15, 0.2) is 6.10 Å². The SMILES string of the molecule is Cc1ccccc1NC(=O)C1CCc2ccccc2O1. The Balaban J connectivity index is 1.72. The van der Waals surface area contributed by atoms with Crippen molar-refractivity contribution in [1.29, 1.82) is 0 Å². The lowest BCUT2D eigenvalue weighted by Crippen LogP contribution is -2.35. The zero-order valence-electron chi connectivity index (χ0n) is 11.4. The van der Waals surface area contributed by atoms with Crippen LogP contribution in [-0.2, 0) is 11.2 Å². The van der Waals surface area contributed by atoms with Crippen molar-refractivity contribution in [3.05, 3.63) is 59.7 Å². The van der Waals surface area contributed by atoms with E-state index < -0.39 is 6.10 Å². The number of amides is 1. The lowest BCUT2D eigenvalue weighted by atomic mass is 10.0. The summed E-state index contributed by atoms with van der Waals surface area (Å²) in [5.74, 6) is 0.748. The summed E-state index contributed by atoms with van der Waals surface area (Å²) >= 11 is 0. The summed E-state index contributed by atoms with van der Waals surface area (Å²) in [5.41, 5.74) is 3.07. The fourth-order valence-corrected chi connectivity index (χ4v) is 2.44. The number of rotatable bonds is 2. The molecule has 2 aromatic rings. The van der Waals surface area contributed by atoms with E-state index in [1.54, 1.807) is 0 Å². The molecule has 1 atom stereocenters. The van der Waals surface area contributed by atoms with Crippen molar-refractivity contribution >= 4 is 11.6 Å². The molecule has 0 aromatic heterocycles. The smallest absolute Gasteiger partial charge is 0.265 e. The first-order chi connectivity index (χ1) is 9.74. The molecule has 3 nitrogen and oxygen atoms in total. The van der Waals surface area contributed by atoms with E-state index in [0.29, 0.717) is 6.42 Å². The molecule has 0 aliphatic carbocycles. The number of aryl methyl sites for hydroxylation is 2. The Morgan fingerprint density at radius 1 is 1.15 bits per heavy atom. The van der Waals surface area contributed by atoms with Crippen molar-refractivity contribution in [3.8, 4) is 5.75 Å². The molecule has 1 unspecified atom stereocenters. The quantitative estimate of drug-likeness (QED) is 0.906. The summed E-state index contributed by atoms with van der Waals surface area (Å²) in [6.45, 7) is 1.98. The minimum absolute atomic E-state index is 0.0752. The van der Waals surface area contributed by atoms with Gasteiger partial charge in [-0.1, -0.05) is 36.4 Å². The van der Waals surface area contributed by atoms with Gasteiger partial charge in [0.2, 0.25) is 0 Å². The van der Waals surface area contributed by atoms with Crippen molar-refractivity contribution < 1.29 is 9.53 Å². The Bertz CT molecular complexity index is 636. The van der Waals surface area contributed by atoms with Gasteiger partial charge in [0.25, 0.3) is 5.91 Å². The molecule has 1 amide bonds. The molecule has 0 fully saturated rings. The predicted octanol–water partition coefficient (Wildman–Crippen LogP) is 3.33. The van der Waals surface area contributed by atoms with Crippen molar-refractivity contribution in [2.75, 3.05) is 5.32 Å². The molecule has 0 radical (unpaired) electrons. The Hall–Kier alpha value is -2.29. The van der Waals surface area contributed by atoms with Gasteiger partial charge in [-0.25, -0.2) is 0 Å². The van der Waals surface area contributed by atoms with Gasteiger partial charge in [0.1, 0.15) is 5.75 Å². The molecule has 102 valence electrons. The fraction of sp³-hybridized carbons (Fsp3) is 0.235. The lowest BCUT2D eigenvalue weighted by molar-refractivity contribution is -0.123. The number of hydrogen-bond donors (Lipinski definition) is 1. The molecule has 0 saturated heterocycles. The van der Waals surface area contributed by atoms with Crippen LogP contribution < -0.4 is 10.1 Å². The molecule has 1 N–H and O–H groups in total. The second-order valence-electron chi connectivity index (χ2n) is 5.06. The molecule has 3 rings (SSSR count). The third-order valence-electron chi connectivity index (χ3n) is 3.61. The Morgan fingerprint density at radius 3 is 2.75 bits per heavy atom. The molecule has 3 heteroatoms. The van der Waals surface area contributed by atoms with E-state index in [9.17, 15) is 4.79 Å². The Labute approximate surface area is 118 Å². The highest BCUT2D eigenvalue weighted by Crippen LogP contribution is 2.27. The van der Waals surface area contributed by atoms with Crippen molar-refractivity contribution in [3.63, 3.8) is 0 Å². The number of carbonyl (C=O) groups excluding carboxylic acids is 1. The predicted molar refractivity (Wildman–Crippen MR) is 79.0 cm³/mol. The molecule has 0 bridgehead atoms. The third kappa shape index (κ3) is 2.52. The van der Waals surface area contributed by atoms with Gasteiger partial charge in [-0.3, -0.25) is 4.79 Å². The van der Waals surface area contributed by atoms with Crippen LogP contribution >= 0.6 is 0 Å². The highest BCUT2D eigenvalue weighted by Gasteiger charge is 2.26. The van der Waals surface area contributed by atoms with E-state index in [1.807, 2.05) is 55.5 Å². The van der Waals surface area contributed by atoms with E-state index >= 15 is 0 Å². The van der Waals surface area contributed by atoms with Crippen LogP contribution in [0.2, 0.25) is 0 Å². The van der Waals surface area contributed by atoms with E-state index in [0.717, 1.165) is 23.4 Å². The monoisotopic (exact) mass is 267 g/mol. The number of ether oxygens (including phenoxy) is 1. The number of benzene rings is 2. The van der Waals surface area contributed by atoms with Crippen molar-refractivity contribution in [1.82, 2.24) is 0 Å². The summed E-state index contributed by atoms with van der Waals surface area (Å²) in [6, 6.07) is 15.7. The summed E-state index contributed by atoms with van der Waals surface area (Å²) in [4.78, 5) is 12.3. The van der Waals surface area contributed by atoms with E-state index in [2.05, 4.69) is 5.32 Å². The number of para-hydroxylation sites is 2. The fourth-order valence-electron chi connectivity index (χ4n) is 2.44. The Kier molecular flexibility index (Phi) is 3.42. The second-order valence-corrected chi connectivity index (χ2v) is 5.06. The first kappa shape index (κ1) is 12.7. The van der Waals surface area contributed by atoms with E-state index in [-0.39, 0.29) is 5.91 Å². The molecular formula is C17H17NO2. The molecule has 0 saturated carbocycles. The number of hydrogen-bond acceptors (Lipinski definition) is 2. The number of fused-ring (bicyclic) bond motifs is 1. The average Bonchev–Trinajstić information content (AvgIpc) is 2.49. The summed E-state index contributed by atoms with van der Waals surface area (Å²) in [7, 11) is 0. The summed E-state index contributed by atoms with van der Waals surface area (Å²) < 4.78 is 5.79. The highest BCUT2D eigenvalue weighted by molar-refractivity contribution is 5.95. The van der Waals surface area contributed by atoms with Crippen LogP contribution in [-0.4, -0.2) is 12.0 Å². The molecule has 2 aromatic carbocycles. The average molecular weight is 267 g/mol. The van der Waals surface area contributed by atoms with Crippen LogP contribution in [0.5, 0.6) is 5.75 Å². The van der Waals surface area contributed by atoms with Gasteiger partial charge in [-0.05, 0) is 43.0 Å². The van der Waals surface area contributed by atoms with Gasteiger partial charge < -0.3 is 10.1 Å². The second kappa shape index (κ2) is 5.37. The first-order valence-corrected chi connectivity index (χ1v) is 6.85. The van der Waals surface area contributed by atoms with E-state index in [4.69, 9.17) is 4.74 Å². The molecule has 20 heavy (non-hydrogen) atoms. The van der Waals surface area contributed by atoms with Gasteiger partial charge >= 0.3 is 0 Å². The molecule has 1 heterocycles. The minimum Gasteiger partial charge on any atom is -0.480 e. The zero-order valence-corrected chi connectivity index (χ0v) is 11.4. The Morgan fingerprint density at radius 2 is 1.90 bits per heavy atom. The van der Waals surface area contributed by atoms with Crippen molar-refractivity contribution in [2.45, 2.75) is 25.9 Å². The topological polar surface area (TPSA) is 38.3 Å². The van der Waals surface area contributed by atoms with Gasteiger partial charge in [0.05, 0.1) is 0 Å². The first-order valence-electron chi connectivity index (χ1n) is 6.85. The lowest BCUT2D eigenvalue weighted by Gasteiger charge is -2.25. The largest absolute Gasteiger partial charge is 0.480 e. The van der Waals surface area contributed by atoms with Gasteiger partial charge in [-0.15, -0.1) is 0 Å². The number of anilines is 1. The van der Waals surface area contributed by atoms with Crippen LogP contribution in [0.1, 0.15) is 17.5 Å². The maximum absolute atomic E-state index is 12.3. The van der Waals surface area contributed by atoms with E-state index in [1.165, 1.54) is 5.56 Å². The third-order valence-corrected chi connectivity index (χ3v) is 3.61. The zero-order chi connectivity index (χ0) is 13.9. The molecule has 0 spiro atoms. The standard InChI is InChI=1S/C17H17NO2/c1-12-6-2-4-8-14(12)18-17(19)16-11-10-13-7-3-5-9-15(13)20-16/h2-9,16H,10-11H2,1H3,(H,18,19). The van der Waals surface area contributed by atoms with Gasteiger partial charge in [0, 0.05) is 5.69 Å². The van der Waals surface area contributed by atoms with Crippen LogP contribution in [0.4, 0.5) is 5.69 Å². The van der Waals surface area contributed by atoms with Crippen LogP contribution in [0, 0.1) is 6.92 Å². The molecular weight excluding hydrogens is 250 g/mol. The van der Waals surface area contributed by atoms with Crippen LogP contribution in [0.3, 0.4) is 0 Å². The maximum Gasteiger partial charge on any atom is 0.265 e. The van der Waals surface area contributed by atoms with Crippen molar-refractivity contribution in [2.24, 2.45) is 0 Å². The summed E-state index contributed by atoms with van der Waals surface area (Å²) in [6.07, 6.45) is 1.18. The highest BCUT2D eigenvalue weighted by atomic mass is 16.5.